The SMILES string of the molecule is CC(C)c1cc(C(=O)Nc2ccc(=O)[nH]n2)cc(Cl)n1. The van der Waals surface area contributed by atoms with Gasteiger partial charge in [0.2, 0.25) is 0 Å². The van der Waals surface area contributed by atoms with Crippen molar-refractivity contribution in [2.75, 3.05) is 5.32 Å². The maximum absolute atomic E-state index is 12.1. The highest BCUT2D eigenvalue weighted by Gasteiger charge is 2.12. The lowest BCUT2D eigenvalue weighted by Crippen LogP contribution is -2.16. The van der Waals surface area contributed by atoms with Gasteiger partial charge in [-0.05, 0) is 24.1 Å². The van der Waals surface area contributed by atoms with Crippen LogP contribution < -0.4 is 10.9 Å². The predicted octanol–water partition coefficient (Wildman–Crippen LogP) is 2.19. The van der Waals surface area contributed by atoms with Gasteiger partial charge in [0.15, 0.2) is 5.82 Å². The molecule has 0 fully saturated rings. The van der Waals surface area contributed by atoms with Crippen LogP contribution in [0, 0.1) is 0 Å². The number of aromatic amines is 1. The Bertz CT molecular complexity index is 677. The van der Waals surface area contributed by atoms with Crippen molar-refractivity contribution in [3.63, 3.8) is 0 Å². The molecule has 0 bridgehead atoms. The standard InChI is InChI=1S/C13H13ClN4O2/c1-7(2)9-5-8(6-10(14)15-9)13(20)16-11-3-4-12(19)18-17-11/h3-7H,1-2H3,(H,18,19)(H,16,17,20). The number of anilines is 1. The molecule has 2 rings (SSSR count). The second-order valence-corrected chi connectivity index (χ2v) is 4.91. The van der Waals surface area contributed by atoms with E-state index in [1.54, 1.807) is 6.07 Å². The number of H-pyrrole nitrogens is 1. The highest BCUT2D eigenvalue weighted by molar-refractivity contribution is 6.29. The predicted molar refractivity (Wildman–Crippen MR) is 76.1 cm³/mol. The van der Waals surface area contributed by atoms with Crippen LogP contribution in [0.25, 0.3) is 0 Å². The number of aromatic nitrogens is 3. The zero-order valence-electron chi connectivity index (χ0n) is 11.0. The van der Waals surface area contributed by atoms with Gasteiger partial charge in [0.25, 0.3) is 11.5 Å². The third-order valence-corrected chi connectivity index (χ3v) is 2.78. The Morgan fingerprint density at radius 1 is 1.35 bits per heavy atom. The molecule has 0 radical (unpaired) electrons. The number of amides is 1. The molecule has 0 atom stereocenters. The number of pyridine rings is 1. The fourth-order valence-corrected chi connectivity index (χ4v) is 1.76. The van der Waals surface area contributed by atoms with Crippen molar-refractivity contribution in [1.29, 1.82) is 0 Å². The zero-order valence-corrected chi connectivity index (χ0v) is 11.7. The molecular formula is C13H13ClN4O2. The number of hydrogen-bond donors (Lipinski definition) is 2. The molecule has 6 nitrogen and oxygen atoms in total. The van der Waals surface area contributed by atoms with E-state index in [4.69, 9.17) is 11.6 Å². The van der Waals surface area contributed by atoms with E-state index < -0.39 is 0 Å². The van der Waals surface area contributed by atoms with Crippen LogP contribution in [0.4, 0.5) is 5.82 Å². The fourth-order valence-electron chi connectivity index (χ4n) is 1.55. The van der Waals surface area contributed by atoms with Crippen molar-refractivity contribution >= 4 is 23.3 Å². The molecule has 0 saturated carbocycles. The van der Waals surface area contributed by atoms with Gasteiger partial charge in [0.1, 0.15) is 5.15 Å². The van der Waals surface area contributed by atoms with Crippen LogP contribution >= 0.6 is 11.6 Å². The summed E-state index contributed by atoms with van der Waals surface area (Å²) in [6.07, 6.45) is 0. The second kappa shape index (κ2) is 5.83. The van der Waals surface area contributed by atoms with Gasteiger partial charge < -0.3 is 5.32 Å². The van der Waals surface area contributed by atoms with Gasteiger partial charge in [0, 0.05) is 17.3 Å². The van der Waals surface area contributed by atoms with Gasteiger partial charge in [0.05, 0.1) is 0 Å². The van der Waals surface area contributed by atoms with Crippen LogP contribution in [0.15, 0.2) is 29.1 Å². The van der Waals surface area contributed by atoms with E-state index in [-0.39, 0.29) is 28.4 Å². The summed E-state index contributed by atoms with van der Waals surface area (Å²) in [5, 5.41) is 8.78. The smallest absolute Gasteiger partial charge is 0.264 e. The minimum absolute atomic E-state index is 0.159. The van der Waals surface area contributed by atoms with Gasteiger partial charge in [-0.1, -0.05) is 25.4 Å². The first-order valence-corrected chi connectivity index (χ1v) is 6.38. The number of carbonyl (C=O) groups is 1. The molecule has 2 aromatic rings. The summed E-state index contributed by atoms with van der Waals surface area (Å²) < 4.78 is 0. The third-order valence-electron chi connectivity index (χ3n) is 2.59. The summed E-state index contributed by atoms with van der Waals surface area (Å²) in [6.45, 7) is 3.92. The molecule has 7 heteroatoms. The Labute approximate surface area is 120 Å². The molecule has 0 spiro atoms. The zero-order chi connectivity index (χ0) is 14.7. The average Bonchev–Trinajstić information content (AvgIpc) is 2.40. The number of nitrogens with zero attached hydrogens (tertiary/aromatic N) is 2. The molecule has 0 unspecified atom stereocenters. The molecule has 104 valence electrons. The molecule has 20 heavy (non-hydrogen) atoms. The van der Waals surface area contributed by atoms with Crippen LogP contribution in [0.2, 0.25) is 5.15 Å². The number of rotatable bonds is 3. The molecule has 0 aliphatic rings. The maximum atomic E-state index is 12.1. The Morgan fingerprint density at radius 3 is 2.70 bits per heavy atom. The molecule has 0 aromatic carbocycles. The number of halogens is 1. The van der Waals surface area contributed by atoms with Gasteiger partial charge in [-0.15, -0.1) is 0 Å². The molecule has 1 amide bonds. The summed E-state index contributed by atoms with van der Waals surface area (Å²) >= 11 is 5.91. The Kier molecular flexibility index (Phi) is 4.14. The maximum Gasteiger partial charge on any atom is 0.264 e. The van der Waals surface area contributed by atoms with Crippen molar-refractivity contribution in [3.8, 4) is 0 Å². The quantitative estimate of drug-likeness (QED) is 0.849. The highest BCUT2D eigenvalue weighted by atomic mass is 35.5. The van der Waals surface area contributed by atoms with Crippen molar-refractivity contribution in [2.24, 2.45) is 0 Å². The van der Waals surface area contributed by atoms with Gasteiger partial charge >= 0.3 is 0 Å². The topological polar surface area (TPSA) is 87.7 Å². The van der Waals surface area contributed by atoms with Crippen LogP contribution in [-0.4, -0.2) is 21.1 Å². The minimum Gasteiger partial charge on any atom is -0.305 e. The highest BCUT2D eigenvalue weighted by Crippen LogP contribution is 2.18. The first-order chi connectivity index (χ1) is 9.45. The first-order valence-electron chi connectivity index (χ1n) is 6.00. The van der Waals surface area contributed by atoms with Crippen LogP contribution in [0.1, 0.15) is 35.8 Å². The molecule has 2 aromatic heterocycles. The van der Waals surface area contributed by atoms with Crippen LogP contribution in [0.3, 0.4) is 0 Å². The normalized spacial score (nSPS) is 10.6. The van der Waals surface area contributed by atoms with E-state index >= 15 is 0 Å². The summed E-state index contributed by atoms with van der Waals surface area (Å²) in [6, 6.07) is 5.86. The molecular weight excluding hydrogens is 280 g/mol. The fraction of sp³-hybridized carbons (Fsp3) is 0.231. The Hall–Kier alpha value is -2.21. The minimum atomic E-state index is -0.365. The summed E-state index contributed by atoms with van der Waals surface area (Å²) in [4.78, 5) is 27.1. The Morgan fingerprint density at radius 2 is 2.10 bits per heavy atom. The molecule has 0 aliphatic carbocycles. The van der Waals surface area contributed by atoms with E-state index in [2.05, 4.69) is 20.5 Å². The third kappa shape index (κ3) is 3.42. The van der Waals surface area contributed by atoms with Crippen molar-refractivity contribution in [2.45, 2.75) is 19.8 Å². The second-order valence-electron chi connectivity index (χ2n) is 4.52. The summed E-state index contributed by atoms with van der Waals surface area (Å²) in [5.41, 5.74) is 0.788. The van der Waals surface area contributed by atoms with Crippen molar-refractivity contribution in [1.82, 2.24) is 15.2 Å². The summed E-state index contributed by atoms with van der Waals surface area (Å²) in [5.74, 6) is 0.0517. The Balaban J connectivity index is 2.24. The lowest BCUT2D eigenvalue weighted by Gasteiger charge is -2.08. The van der Waals surface area contributed by atoms with Crippen molar-refractivity contribution in [3.05, 3.63) is 51.0 Å². The number of carbonyl (C=O) groups excluding carboxylic acids is 1. The van der Waals surface area contributed by atoms with Crippen LogP contribution in [0.5, 0.6) is 0 Å². The molecule has 0 aliphatic heterocycles. The average molecular weight is 293 g/mol. The van der Waals surface area contributed by atoms with E-state index in [0.29, 0.717) is 5.56 Å². The van der Waals surface area contributed by atoms with E-state index in [0.717, 1.165) is 5.69 Å². The molecule has 2 N–H and O–H groups in total. The summed E-state index contributed by atoms with van der Waals surface area (Å²) in [7, 11) is 0. The largest absolute Gasteiger partial charge is 0.305 e. The molecule has 0 saturated heterocycles. The van der Waals surface area contributed by atoms with E-state index in [1.165, 1.54) is 18.2 Å². The van der Waals surface area contributed by atoms with E-state index in [9.17, 15) is 9.59 Å². The van der Waals surface area contributed by atoms with Gasteiger partial charge in [-0.2, -0.15) is 5.10 Å². The number of hydrogen-bond acceptors (Lipinski definition) is 4. The van der Waals surface area contributed by atoms with Gasteiger partial charge in [-0.25, -0.2) is 10.1 Å². The lowest BCUT2D eigenvalue weighted by atomic mass is 10.1. The lowest BCUT2D eigenvalue weighted by molar-refractivity contribution is 0.102. The van der Waals surface area contributed by atoms with Gasteiger partial charge in [-0.3, -0.25) is 9.59 Å². The monoisotopic (exact) mass is 292 g/mol. The van der Waals surface area contributed by atoms with E-state index in [1.807, 2.05) is 13.8 Å². The number of nitrogens with one attached hydrogen (secondary N) is 2. The van der Waals surface area contributed by atoms with Crippen LogP contribution in [-0.2, 0) is 0 Å². The molecule has 2 heterocycles. The first kappa shape index (κ1) is 14.2. The van der Waals surface area contributed by atoms with Crippen molar-refractivity contribution < 1.29 is 4.79 Å².